The Morgan fingerprint density at radius 1 is 1.12 bits per heavy atom. The molecule has 7 nitrogen and oxygen atoms in total. The Hall–Kier alpha value is -3.58. The molecule has 1 aromatic heterocycles. The molecular formula is C26H28N2O5. The number of anilines is 1. The van der Waals surface area contributed by atoms with Gasteiger partial charge >= 0.3 is 0 Å². The highest BCUT2D eigenvalue weighted by molar-refractivity contribution is 6.01. The molecule has 0 radical (unpaired) electrons. The van der Waals surface area contributed by atoms with Crippen LogP contribution in [0.4, 0.5) is 5.69 Å². The number of ether oxygens (including phenoxy) is 2. The first-order valence-electron chi connectivity index (χ1n) is 10.9. The maximum Gasteiger partial charge on any atom is 0.258 e. The molecule has 1 aliphatic rings. The fraction of sp³-hybridized carbons (Fsp3) is 0.308. The van der Waals surface area contributed by atoms with Crippen LogP contribution >= 0.6 is 0 Å². The molecule has 7 heteroatoms. The number of nitrogens with zero attached hydrogens (tertiary/aromatic N) is 1. The number of aliphatic hydroxyl groups is 1. The van der Waals surface area contributed by atoms with Gasteiger partial charge in [0, 0.05) is 35.0 Å². The third-order valence-corrected chi connectivity index (χ3v) is 5.50. The fourth-order valence-corrected chi connectivity index (χ4v) is 4.03. The Labute approximate surface area is 192 Å². The van der Waals surface area contributed by atoms with Gasteiger partial charge in [0.1, 0.15) is 12.0 Å². The average molecular weight is 449 g/mol. The van der Waals surface area contributed by atoms with Crippen molar-refractivity contribution in [1.29, 1.82) is 0 Å². The second-order valence-electron chi connectivity index (χ2n) is 8.92. The van der Waals surface area contributed by atoms with Crippen molar-refractivity contribution in [2.24, 2.45) is 5.92 Å². The summed E-state index contributed by atoms with van der Waals surface area (Å²) in [6.07, 6.45) is 4.06. The van der Waals surface area contributed by atoms with Crippen LogP contribution in [0.3, 0.4) is 0 Å². The summed E-state index contributed by atoms with van der Waals surface area (Å²) in [5, 5.41) is 14.2. The van der Waals surface area contributed by atoms with E-state index in [0.717, 1.165) is 5.56 Å². The van der Waals surface area contributed by atoms with Crippen molar-refractivity contribution < 1.29 is 19.4 Å². The number of fused-ring (bicyclic) bond motifs is 1. The molecule has 172 valence electrons. The number of hydrogen-bond donors (Lipinski definition) is 2. The van der Waals surface area contributed by atoms with Crippen LogP contribution in [0, 0.1) is 5.92 Å². The van der Waals surface area contributed by atoms with Crippen LogP contribution < -0.4 is 10.9 Å². The van der Waals surface area contributed by atoms with Crippen molar-refractivity contribution in [3.05, 3.63) is 88.7 Å². The van der Waals surface area contributed by atoms with Crippen LogP contribution in [0.15, 0.2) is 77.6 Å². The van der Waals surface area contributed by atoms with Gasteiger partial charge in [-0.1, -0.05) is 36.4 Å². The maximum atomic E-state index is 13.0. The van der Waals surface area contributed by atoms with Gasteiger partial charge in [-0.15, -0.1) is 0 Å². The first-order valence-corrected chi connectivity index (χ1v) is 10.9. The zero-order valence-corrected chi connectivity index (χ0v) is 18.8. The number of amides is 1. The number of rotatable bonds is 8. The normalized spacial score (nSPS) is 14.3. The molecule has 1 amide bonds. The van der Waals surface area contributed by atoms with Crippen molar-refractivity contribution in [1.82, 2.24) is 4.57 Å². The van der Waals surface area contributed by atoms with Crippen LogP contribution in [0.5, 0.6) is 0 Å². The quantitative estimate of drug-likeness (QED) is 0.547. The Morgan fingerprint density at radius 2 is 1.91 bits per heavy atom. The third kappa shape index (κ3) is 5.62. The van der Waals surface area contributed by atoms with Crippen LogP contribution in [0.25, 0.3) is 10.8 Å². The molecule has 33 heavy (non-hydrogen) atoms. The molecule has 0 saturated carbocycles. The highest BCUT2D eigenvalue weighted by Crippen LogP contribution is 2.27. The van der Waals surface area contributed by atoms with Gasteiger partial charge in [-0.25, -0.2) is 0 Å². The van der Waals surface area contributed by atoms with Crippen molar-refractivity contribution in [3.8, 4) is 0 Å². The molecule has 1 unspecified atom stereocenters. The van der Waals surface area contributed by atoms with Crippen molar-refractivity contribution >= 4 is 22.4 Å². The Kier molecular flexibility index (Phi) is 6.51. The van der Waals surface area contributed by atoms with Crippen molar-refractivity contribution in [3.63, 3.8) is 0 Å². The second kappa shape index (κ2) is 9.50. The maximum absolute atomic E-state index is 13.0. The Morgan fingerprint density at radius 3 is 2.61 bits per heavy atom. The van der Waals surface area contributed by atoms with Gasteiger partial charge in [-0.3, -0.25) is 9.59 Å². The zero-order chi connectivity index (χ0) is 23.4. The fourth-order valence-electron chi connectivity index (χ4n) is 4.03. The predicted molar refractivity (Wildman–Crippen MR) is 127 cm³/mol. The molecule has 3 aromatic rings. The summed E-state index contributed by atoms with van der Waals surface area (Å²) in [6, 6.07) is 17.0. The summed E-state index contributed by atoms with van der Waals surface area (Å²) >= 11 is 0. The largest absolute Gasteiger partial charge is 0.462 e. The summed E-state index contributed by atoms with van der Waals surface area (Å²) in [5.74, 6) is 0.302. The standard InChI is InChI=1S/C26H28N2O5/c1-26(2,31)16-28-12-11-20-21(25(28)30)9-6-10-22(20)27-24(29)14-19(23-15-32-17-33-23)13-18-7-4-3-5-8-18/h3-12,15,19,31H,13-14,16-17H2,1-2H3,(H,27,29). The monoisotopic (exact) mass is 448 g/mol. The lowest BCUT2D eigenvalue weighted by molar-refractivity contribution is -0.117. The van der Waals surface area contributed by atoms with E-state index in [9.17, 15) is 14.7 Å². The lowest BCUT2D eigenvalue weighted by atomic mass is 9.94. The van der Waals surface area contributed by atoms with Crippen LogP contribution in [0.2, 0.25) is 0 Å². The Balaban J connectivity index is 1.55. The van der Waals surface area contributed by atoms with E-state index >= 15 is 0 Å². The molecule has 2 N–H and O–H groups in total. The van der Waals surface area contributed by atoms with Crippen molar-refractivity contribution in [2.75, 3.05) is 12.1 Å². The lowest BCUT2D eigenvalue weighted by Crippen LogP contribution is -2.32. The zero-order valence-electron chi connectivity index (χ0n) is 18.8. The average Bonchev–Trinajstić information content (AvgIpc) is 3.30. The molecule has 0 saturated heterocycles. The Bertz CT molecular complexity index is 1220. The second-order valence-corrected chi connectivity index (χ2v) is 8.92. The molecule has 4 rings (SSSR count). The summed E-state index contributed by atoms with van der Waals surface area (Å²) < 4.78 is 12.3. The summed E-state index contributed by atoms with van der Waals surface area (Å²) in [4.78, 5) is 25.9. The predicted octanol–water partition coefficient (Wildman–Crippen LogP) is 3.81. The summed E-state index contributed by atoms with van der Waals surface area (Å²) in [7, 11) is 0. The third-order valence-electron chi connectivity index (χ3n) is 5.50. The number of pyridine rings is 1. The van der Waals surface area contributed by atoms with E-state index in [1.807, 2.05) is 30.3 Å². The first-order chi connectivity index (χ1) is 15.8. The number of aromatic nitrogens is 1. The highest BCUT2D eigenvalue weighted by Gasteiger charge is 2.24. The minimum Gasteiger partial charge on any atom is -0.462 e. The molecule has 0 aliphatic carbocycles. The molecule has 0 spiro atoms. The van der Waals surface area contributed by atoms with Crippen molar-refractivity contribution in [2.45, 2.75) is 38.8 Å². The van der Waals surface area contributed by atoms with E-state index < -0.39 is 5.60 Å². The van der Waals surface area contributed by atoms with Gasteiger partial charge in [-0.05, 0) is 44.0 Å². The minimum absolute atomic E-state index is 0.155. The van der Waals surface area contributed by atoms with E-state index in [0.29, 0.717) is 28.6 Å². The number of hydrogen-bond acceptors (Lipinski definition) is 5. The molecule has 1 aliphatic heterocycles. The number of carbonyl (C=O) groups is 1. The number of allylic oxidation sites excluding steroid dienone is 1. The van der Waals surface area contributed by atoms with E-state index in [4.69, 9.17) is 9.47 Å². The van der Waals surface area contributed by atoms with E-state index in [1.54, 1.807) is 50.6 Å². The summed E-state index contributed by atoms with van der Waals surface area (Å²) in [6.45, 7) is 3.64. The number of nitrogens with one attached hydrogen (secondary N) is 1. The lowest BCUT2D eigenvalue weighted by Gasteiger charge is -2.19. The van der Waals surface area contributed by atoms with E-state index in [-0.39, 0.29) is 37.1 Å². The minimum atomic E-state index is -1.02. The van der Waals surface area contributed by atoms with Crippen LogP contribution in [0.1, 0.15) is 25.8 Å². The molecule has 0 fully saturated rings. The first kappa shape index (κ1) is 22.6. The molecule has 0 bridgehead atoms. The van der Waals surface area contributed by atoms with Gasteiger partial charge in [-0.2, -0.15) is 0 Å². The topological polar surface area (TPSA) is 89.8 Å². The van der Waals surface area contributed by atoms with Crippen LogP contribution in [-0.2, 0) is 27.2 Å². The number of carbonyl (C=O) groups excluding carboxylic acids is 1. The van der Waals surface area contributed by atoms with E-state index in [1.165, 1.54) is 4.57 Å². The van der Waals surface area contributed by atoms with Gasteiger partial charge in [0.2, 0.25) is 12.7 Å². The molecular weight excluding hydrogens is 420 g/mol. The van der Waals surface area contributed by atoms with Gasteiger partial charge in [0.05, 0.1) is 12.1 Å². The van der Waals surface area contributed by atoms with Gasteiger partial charge < -0.3 is 24.5 Å². The number of benzene rings is 2. The van der Waals surface area contributed by atoms with Gasteiger partial charge in [0.25, 0.3) is 5.56 Å². The summed E-state index contributed by atoms with van der Waals surface area (Å²) in [5.41, 5.74) is 0.442. The smallest absolute Gasteiger partial charge is 0.258 e. The van der Waals surface area contributed by atoms with Crippen LogP contribution in [-0.4, -0.2) is 28.0 Å². The molecule has 2 aromatic carbocycles. The highest BCUT2D eigenvalue weighted by atomic mass is 16.7. The van der Waals surface area contributed by atoms with E-state index in [2.05, 4.69) is 5.32 Å². The molecule has 2 heterocycles. The van der Waals surface area contributed by atoms with Gasteiger partial charge in [0.15, 0.2) is 0 Å². The SMILES string of the molecule is CC(C)(O)Cn1ccc2c(NC(=O)CC(Cc3ccccc3)C3=COCO3)cccc2c1=O. The molecule has 1 atom stereocenters.